The summed E-state index contributed by atoms with van der Waals surface area (Å²) in [6.07, 6.45) is 5.22. The van der Waals surface area contributed by atoms with Crippen molar-refractivity contribution in [2.45, 2.75) is 31.7 Å². The summed E-state index contributed by atoms with van der Waals surface area (Å²) >= 11 is 0. The molecule has 14 heavy (non-hydrogen) atoms. The van der Waals surface area contributed by atoms with Crippen molar-refractivity contribution >= 4 is 5.71 Å². The first-order valence-electron chi connectivity index (χ1n) is 5.78. The topological polar surface area (TPSA) is 39.1 Å². The molecule has 1 saturated carbocycles. The van der Waals surface area contributed by atoms with Gasteiger partial charge in [0.25, 0.3) is 0 Å². The largest absolute Gasteiger partial charge is 0.316 e. The zero-order chi connectivity index (χ0) is 9.97. The van der Waals surface area contributed by atoms with Crippen LogP contribution in [0.5, 0.6) is 0 Å². The van der Waals surface area contributed by atoms with E-state index in [0.29, 0.717) is 12.0 Å². The molecule has 0 aromatic rings. The zero-order valence-electron chi connectivity index (χ0n) is 9.05. The average molecular weight is 195 g/mol. The van der Waals surface area contributed by atoms with Crippen LogP contribution in [0.3, 0.4) is 0 Å². The molecule has 2 aliphatic rings. The minimum Gasteiger partial charge on any atom is -0.316 e. The van der Waals surface area contributed by atoms with E-state index in [2.05, 4.69) is 10.2 Å². The Kier molecular flexibility index (Phi) is 3.19. The van der Waals surface area contributed by atoms with Crippen molar-refractivity contribution in [1.82, 2.24) is 10.2 Å². The van der Waals surface area contributed by atoms with Gasteiger partial charge in [0.2, 0.25) is 0 Å². The maximum atomic E-state index is 7.99. The van der Waals surface area contributed by atoms with Crippen molar-refractivity contribution in [3.05, 3.63) is 0 Å². The molecule has 2 unspecified atom stereocenters. The van der Waals surface area contributed by atoms with Crippen molar-refractivity contribution < 1.29 is 0 Å². The summed E-state index contributed by atoms with van der Waals surface area (Å²) in [6, 6.07) is 0.604. The first-order valence-corrected chi connectivity index (χ1v) is 5.78. The fraction of sp³-hybridized carbons (Fsp3) is 0.909. The number of hydrogen-bond donors (Lipinski definition) is 2. The SMILES string of the molecule is CNC1CC1C(=N)CN1CCCCC1. The van der Waals surface area contributed by atoms with Gasteiger partial charge in [-0.3, -0.25) is 4.90 Å². The first kappa shape index (κ1) is 10.1. The van der Waals surface area contributed by atoms with E-state index in [-0.39, 0.29) is 0 Å². The van der Waals surface area contributed by atoms with Crippen LogP contribution in [0.15, 0.2) is 0 Å². The van der Waals surface area contributed by atoms with Gasteiger partial charge >= 0.3 is 0 Å². The lowest BCUT2D eigenvalue weighted by atomic mass is 10.1. The van der Waals surface area contributed by atoms with Gasteiger partial charge in [0.15, 0.2) is 0 Å². The van der Waals surface area contributed by atoms with Gasteiger partial charge in [0.1, 0.15) is 0 Å². The van der Waals surface area contributed by atoms with Crippen LogP contribution in [0.4, 0.5) is 0 Å². The van der Waals surface area contributed by atoms with Gasteiger partial charge < -0.3 is 10.7 Å². The third kappa shape index (κ3) is 2.34. The lowest BCUT2D eigenvalue weighted by Gasteiger charge is -2.26. The number of nitrogens with zero attached hydrogens (tertiary/aromatic N) is 1. The summed E-state index contributed by atoms with van der Waals surface area (Å²) < 4.78 is 0. The highest BCUT2D eigenvalue weighted by molar-refractivity contribution is 5.88. The molecular weight excluding hydrogens is 174 g/mol. The molecule has 0 aromatic carbocycles. The van der Waals surface area contributed by atoms with Gasteiger partial charge in [-0.25, -0.2) is 0 Å². The fourth-order valence-corrected chi connectivity index (χ4v) is 2.37. The smallest absolute Gasteiger partial charge is 0.0364 e. The Morgan fingerprint density at radius 3 is 2.64 bits per heavy atom. The maximum absolute atomic E-state index is 7.99. The van der Waals surface area contributed by atoms with Crippen molar-refractivity contribution in [3.8, 4) is 0 Å². The minimum atomic E-state index is 0.543. The molecule has 2 N–H and O–H groups in total. The molecule has 0 spiro atoms. The lowest BCUT2D eigenvalue weighted by molar-refractivity contribution is 0.256. The Hall–Kier alpha value is -0.410. The van der Waals surface area contributed by atoms with Crippen LogP contribution in [0.1, 0.15) is 25.7 Å². The van der Waals surface area contributed by atoms with E-state index >= 15 is 0 Å². The van der Waals surface area contributed by atoms with Crippen molar-refractivity contribution in [3.63, 3.8) is 0 Å². The highest BCUT2D eigenvalue weighted by Gasteiger charge is 2.39. The second kappa shape index (κ2) is 4.41. The van der Waals surface area contributed by atoms with Crippen LogP contribution >= 0.6 is 0 Å². The van der Waals surface area contributed by atoms with Gasteiger partial charge in [-0.15, -0.1) is 0 Å². The third-order valence-corrected chi connectivity index (χ3v) is 3.45. The zero-order valence-corrected chi connectivity index (χ0v) is 9.05. The molecule has 0 amide bonds. The third-order valence-electron chi connectivity index (χ3n) is 3.45. The summed E-state index contributed by atoms with van der Waals surface area (Å²) in [7, 11) is 2.00. The molecule has 1 aliphatic carbocycles. The molecule has 2 atom stereocenters. The fourth-order valence-electron chi connectivity index (χ4n) is 2.37. The molecule has 3 nitrogen and oxygen atoms in total. The lowest BCUT2D eigenvalue weighted by Crippen LogP contribution is -2.35. The Bertz CT molecular complexity index is 209. The van der Waals surface area contributed by atoms with Crippen LogP contribution < -0.4 is 5.32 Å². The first-order chi connectivity index (χ1) is 6.81. The summed E-state index contributed by atoms with van der Waals surface area (Å²) in [5.74, 6) is 0.543. The van der Waals surface area contributed by atoms with E-state index < -0.39 is 0 Å². The van der Waals surface area contributed by atoms with E-state index in [4.69, 9.17) is 5.41 Å². The van der Waals surface area contributed by atoms with Gasteiger partial charge in [-0.05, 0) is 39.4 Å². The van der Waals surface area contributed by atoms with Gasteiger partial charge in [-0.1, -0.05) is 6.42 Å². The van der Waals surface area contributed by atoms with Crippen molar-refractivity contribution in [2.24, 2.45) is 5.92 Å². The predicted octanol–water partition coefficient (Wildman–Crippen LogP) is 1.10. The van der Waals surface area contributed by atoms with E-state index in [9.17, 15) is 0 Å². The molecule has 2 rings (SSSR count). The molecule has 2 fully saturated rings. The summed E-state index contributed by atoms with van der Waals surface area (Å²) in [6.45, 7) is 3.33. The quantitative estimate of drug-likeness (QED) is 0.659. The number of piperidine rings is 1. The van der Waals surface area contributed by atoms with Crippen LogP contribution in [-0.4, -0.2) is 43.3 Å². The Balaban J connectivity index is 1.71. The van der Waals surface area contributed by atoms with Crippen LogP contribution in [0.2, 0.25) is 0 Å². The minimum absolute atomic E-state index is 0.543. The van der Waals surface area contributed by atoms with E-state index in [1.807, 2.05) is 7.05 Å². The van der Waals surface area contributed by atoms with Crippen molar-refractivity contribution in [1.29, 1.82) is 5.41 Å². The highest BCUT2D eigenvalue weighted by atomic mass is 15.1. The number of likely N-dealkylation sites (tertiary alicyclic amines) is 1. The number of rotatable bonds is 4. The van der Waals surface area contributed by atoms with E-state index in [0.717, 1.165) is 12.3 Å². The molecule has 0 bridgehead atoms. The molecule has 80 valence electrons. The van der Waals surface area contributed by atoms with Crippen LogP contribution in [0.25, 0.3) is 0 Å². The second-order valence-corrected chi connectivity index (χ2v) is 4.60. The maximum Gasteiger partial charge on any atom is 0.0364 e. The van der Waals surface area contributed by atoms with Crippen LogP contribution in [-0.2, 0) is 0 Å². The molecule has 0 radical (unpaired) electrons. The summed E-state index contributed by atoms with van der Waals surface area (Å²) in [4.78, 5) is 2.44. The van der Waals surface area contributed by atoms with Gasteiger partial charge in [0, 0.05) is 24.2 Å². The van der Waals surface area contributed by atoms with E-state index in [1.165, 1.54) is 38.8 Å². The Labute approximate surface area is 86.4 Å². The molecular formula is C11H21N3. The summed E-state index contributed by atoms with van der Waals surface area (Å²) in [5.41, 5.74) is 0.950. The highest BCUT2D eigenvalue weighted by Crippen LogP contribution is 2.31. The number of nitrogens with one attached hydrogen (secondary N) is 2. The Morgan fingerprint density at radius 2 is 2.07 bits per heavy atom. The Morgan fingerprint density at radius 1 is 1.36 bits per heavy atom. The average Bonchev–Trinajstić information content (AvgIpc) is 2.98. The van der Waals surface area contributed by atoms with Gasteiger partial charge in [-0.2, -0.15) is 0 Å². The molecule has 0 aromatic heterocycles. The predicted molar refractivity (Wildman–Crippen MR) is 59.0 cm³/mol. The molecule has 1 saturated heterocycles. The van der Waals surface area contributed by atoms with Gasteiger partial charge in [0.05, 0.1) is 0 Å². The monoisotopic (exact) mass is 195 g/mol. The van der Waals surface area contributed by atoms with E-state index in [1.54, 1.807) is 0 Å². The molecule has 3 heteroatoms. The normalized spacial score (nSPS) is 32.9. The number of hydrogen-bond acceptors (Lipinski definition) is 3. The molecule has 1 aliphatic heterocycles. The van der Waals surface area contributed by atoms with Crippen molar-refractivity contribution in [2.75, 3.05) is 26.7 Å². The second-order valence-electron chi connectivity index (χ2n) is 4.60. The molecule has 1 heterocycles. The van der Waals surface area contributed by atoms with Crippen LogP contribution in [0, 0.1) is 11.3 Å². The standard InChI is InChI=1S/C11H21N3/c1-13-11-7-9(11)10(12)8-14-5-3-2-4-6-14/h9,11-13H,2-8H2,1H3. The summed E-state index contributed by atoms with van der Waals surface area (Å²) in [5, 5.41) is 11.2.